The lowest BCUT2D eigenvalue weighted by Gasteiger charge is -2.17. The van der Waals surface area contributed by atoms with Crippen molar-refractivity contribution in [1.29, 1.82) is 0 Å². The van der Waals surface area contributed by atoms with E-state index in [0.29, 0.717) is 24.3 Å². The van der Waals surface area contributed by atoms with Gasteiger partial charge in [0, 0.05) is 18.7 Å². The first-order chi connectivity index (χ1) is 10.8. The Labute approximate surface area is 145 Å². The van der Waals surface area contributed by atoms with Crippen LogP contribution in [0.15, 0.2) is 24.3 Å². The van der Waals surface area contributed by atoms with Crippen LogP contribution in [0.3, 0.4) is 0 Å². The van der Waals surface area contributed by atoms with E-state index in [1.807, 2.05) is 0 Å². The van der Waals surface area contributed by atoms with Crippen molar-refractivity contribution in [2.45, 2.75) is 24.8 Å². The van der Waals surface area contributed by atoms with Crippen LogP contribution in [0.5, 0.6) is 0 Å². The van der Waals surface area contributed by atoms with E-state index in [4.69, 9.17) is 0 Å². The molecule has 0 bridgehead atoms. The normalized spacial score (nSPS) is 24.4. The minimum absolute atomic E-state index is 0. The molecule has 0 spiro atoms. The first-order valence-electron chi connectivity index (χ1n) is 7.29. The minimum Gasteiger partial charge on any atom is -0.325 e. The number of sulfonamides is 1. The number of nitrogens with zero attached hydrogens (tertiary/aromatic N) is 1. The molecule has 0 aromatic heterocycles. The maximum absolute atomic E-state index is 13.1. The minimum atomic E-state index is -3.25. The summed E-state index contributed by atoms with van der Waals surface area (Å²) < 4.78 is 51.2. The lowest BCUT2D eigenvalue weighted by atomic mass is 10.2. The summed E-state index contributed by atoms with van der Waals surface area (Å²) in [6.45, 7) is -0.0635. The van der Waals surface area contributed by atoms with Gasteiger partial charge in [0.25, 0.3) is 5.92 Å². The Hall–Kier alpha value is -1.45. The predicted molar refractivity (Wildman–Crippen MR) is 89.4 cm³/mol. The molecule has 1 amide bonds. The second-order valence-corrected chi connectivity index (χ2v) is 7.78. The summed E-state index contributed by atoms with van der Waals surface area (Å²) in [5, 5.41) is 5.04. The number of alkyl halides is 2. The zero-order valence-corrected chi connectivity index (χ0v) is 14.3. The third-order valence-electron chi connectivity index (χ3n) is 3.95. The maximum Gasteiger partial charge on any atom is 0.262 e. The molecule has 6 nitrogen and oxygen atoms in total. The predicted octanol–water partition coefficient (Wildman–Crippen LogP) is 1.58. The molecule has 10 heteroatoms. The molecule has 2 saturated heterocycles. The molecule has 2 aliphatic rings. The van der Waals surface area contributed by atoms with Gasteiger partial charge in [-0.05, 0) is 30.7 Å². The molecular formula is C14H18ClF2N3O3S. The molecule has 24 heavy (non-hydrogen) atoms. The number of nitrogens with one attached hydrogen (secondary N) is 2. The summed E-state index contributed by atoms with van der Waals surface area (Å²) in [4.78, 5) is 11.9. The fourth-order valence-electron chi connectivity index (χ4n) is 2.77. The topological polar surface area (TPSA) is 78.5 Å². The fraction of sp³-hybridized carbons (Fsp3) is 0.500. The zero-order chi connectivity index (χ0) is 16.7. The van der Waals surface area contributed by atoms with Crippen LogP contribution >= 0.6 is 12.4 Å². The lowest BCUT2D eigenvalue weighted by molar-refractivity contribution is -0.118. The molecule has 2 heterocycles. The highest BCUT2D eigenvalue weighted by Gasteiger charge is 2.42. The lowest BCUT2D eigenvalue weighted by Crippen LogP contribution is -2.35. The number of anilines is 2. The molecule has 3 rings (SSSR count). The van der Waals surface area contributed by atoms with Crippen LogP contribution in [-0.2, 0) is 14.8 Å². The zero-order valence-electron chi connectivity index (χ0n) is 12.7. The first-order valence-corrected chi connectivity index (χ1v) is 8.90. The molecular weight excluding hydrogens is 364 g/mol. The molecule has 0 saturated carbocycles. The molecule has 134 valence electrons. The van der Waals surface area contributed by atoms with E-state index >= 15 is 0 Å². The number of carbonyl (C=O) groups excluding carboxylic acids is 1. The molecule has 1 unspecified atom stereocenters. The van der Waals surface area contributed by atoms with E-state index in [1.165, 1.54) is 4.31 Å². The Morgan fingerprint density at radius 1 is 1.29 bits per heavy atom. The van der Waals surface area contributed by atoms with Crippen molar-refractivity contribution in [3.8, 4) is 0 Å². The summed E-state index contributed by atoms with van der Waals surface area (Å²) in [5.74, 6) is -3.26. The Balaban J connectivity index is 0.00000208. The van der Waals surface area contributed by atoms with Crippen molar-refractivity contribution < 1.29 is 22.0 Å². The second kappa shape index (κ2) is 6.81. The van der Waals surface area contributed by atoms with Gasteiger partial charge >= 0.3 is 0 Å². The molecule has 0 radical (unpaired) electrons. The molecule has 1 aromatic carbocycles. The van der Waals surface area contributed by atoms with Gasteiger partial charge in [-0.1, -0.05) is 0 Å². The van der Waals surface area contributed by atoms with E-state index in [2.05, 4.69) is 10.6 Å². The average Bonchev–Trinajstić information content (AvgIpc) is 3.01. The Morgan fingerprint density at radius 3 is 2.46 bits per heavy atom. The largest absolute Gasteiger partial charge is 0.325 e. The van der Waals surface area contributed by atoms with Crippen LogP contribution in [0.4, 0.5) is 20.2 Å². The summed E-state index contributed by atoms with van der Waals surface area (Å²) in [6.07, 6.45) is 0.0608. The van der Waals surface area contributed by atoms with Gasteiger partial charge in [-0.25, -0.2) is 17.2 Å². The Kier molecular flexibility index (Phi) is 5.36. The number of benzene rings is 1. The first kappa shape index (κ1) is 18.9. The molecule has 0 aliphatic carbocycles. The van der Waals surface area contributed by atoms with E-state index in [-0.39, 0.29) is 18.2 Å². The van der Waals surface area contributed by atoms with Crippen LogP contribution < -0.4 is 14.9 Å². The second-order valence-electron chi connectivity index (χ2n) is 5.77. The SMILES string of the molecule is Cl.O=C(Nc1ccc(N2CCCS2(=O)=O)cc1)C1CC(F)(F)CN1. The van der Waals surface area contributed by atoms with Gasteiger partial charge in [0.1, 0.15) is 0 Å². The van der Waals surface area contributed by atoms with Crippen molar-refractivity contribution in [3.63, 3.8) is 0 Å². The van der Waals surface area contributed by atoms with Crippen molar-refractivity contribution in [2.24, 2.45) is 0 Å². The number of hydrogen-bond acceptors (Lipinski definition) is 4. The van der Waals surface area contributed by atoms with Gasteiger partial charge in [-0.15, -0.1) is 12.4 Å². The highest BCUT2D eigenvalue weighted by molar-refractivity contribution is 7.93. The van der Waals surface area contributed by atoms with Crippen molar-refractivity contribution in [2.75, 3.05) is 28.5 Å². The number of halogens is 3. The van der Waals surface area contributed by atoms with E-state index in [0.717, 1.165) is 0 Å². The van der Waals surface area contributed by atoms with E-state index < -0.39 is 40.9 Å². The molecule has 2 N–H and O–H groups in total. The molecule has 1 atom stereocenters. The molecule has 2 fully saturated rings. The number of hydrogen-bond donors (Lipinski definition) is 2. The third-order valence-corrected chi connectivity index (χ3v) is 5.82. The van der Waals surface area contributed by atoms with Gasteiger partial charge in [0.2, 0.25) is 15.9 Å². The fourth-order valence-corrected chi connectivity index (χ4v) is 4.34. The highest BCUT2D eigenvalue weighted by atomic mass is 35.5. The van der Waals surface area contributed by atoms with Crippen LogP contribution in [-0.4, -0.2) is 45.1 Å². The van der Waals surface area contributed by atoms with Gasteiger partial charge in [-0.3, -0.25) is 14.4 Å². The van der Waals surface area contributed by atoms with Crippen LogP contribution in [0, 0.1) is 0 Å². The summed E-state index contributed by atoms with van der Waals surface area (Å²) in [7, 11) is -3.25. The highest BCUT2D eigenvalue weighted by Crippen LogP contribution is 2.27. The van der Waals surface area contributed by atoms with Crippen molar-refractivity contribution in [1.82, 2.24) is 5.32 Å². The number of rotatable bonds is 3. The summed E-state index contributed by atoms with van der Waals surface area (Å²) in [6, 6.07) is 5.38. The molecule has 2 aliphatic heterocycles. The number of carbonyl (C=O) groups is 1. The monoisotopic (exact) mass is 381 g/mol. The Morgan fingerprint density at radius 2 is 1.96 bits per heavy atom. The quantitative estimate of drug-likeness (QED) is 0.833. The standard InChI is InChI=1S/C14H17F2N3O3S.ClH/c15-14(16)8-12(17-9-14)13(20)18-10-2-4-11(5-3-10)19-6-1-7-23(19,21)22;/h2-5,12,17H,1,6-9H2,(H,18,20);1H. The summed E-state index contributed by atoms with van der Waals surface area (Å²) in [5.41, 5.74) is 0.971. The van der Waals surface area contributed by atoms with Gasteiger partial charge in [0.15, 0.2) is 0 Å². The van der Waals surface area contributed by atoms with E-state index in [9.17, 15) is 22.0 Å². The van der Waals surface area contributed by atoms with E-state index in [1.54, 1.807) is 24.3 Å². The van der Waals surface area contributed by atoms with Crippen LogP contribution in [0.1, 0.15) is 12.8 Å². The van der Waals surface area contributed by atoms with Crippen molar-refractivity contribution >= 4 is 39.7 Å². The maximum atomic E-state index is 13.1. The van der Waals surface area contributed by atoms with Crippen molar-refractivity contribution in [3.05, 3.63) is 24.3 Å². The Bertz CT molecular complexity index is 712. The number of amides is 1. The van der Waals surface area contributed by atoms with Crippen LogP contribution in [0.25, 0.3) is 0 Å². The van der Waals surface area contributed by atoms with Crippen LogP contribution in [0.2, 0.25) is 0 Å². The smallest absolute Gasteiger partial charge is 0.262 e. The third kappa shape index (κ3) is 3.96. The van der Waals surface area contributed by atoms with Gasteiger partial charge in [-0.2, -0.15) is 0 Å². The summed E-state index contributed by atoms with van der Waals surface area (Å²) >= 11 is 0. The van der Waals surface area contributed by atoms with Gasteiger partial charge in [0.05, 0.1) is 24.0 Å². The average molecular weight is 382 g/mol. The van der Waals surface area contributed by atoms with Gasteiger partial charge < -0.3 is 5.32 Å². The molecule has 1 aromatic rings.